The topological polar surface area (TPSA) is 84.6 Å². The molecule has 0 N–H and O–H groups in total. The van der Waals surface area contributed by atoms with Crippen LogP contribution in [0, 0.1) is 0 Å². The molecule has 2 aromatic heterocycles. The molecule has 1 amide bonds. The highest BCUT2D eigenvalue weighted by atomic mass is 16.5. The summed E-state index contributed by atoms with van der Waals surface area (Å²) in [5, 5.41) is 4.01. The molecule has 1 aliphatic heterocycles. The first-order valence-electron chi connectivity index (χ1n) is 7.96. The second kappa shape index (κ2) is 7.39. The van der Waals surface area contributed by atoms with Gasteiger partial charge in [-0.3, -0.25) is 14.8 Å². The third-order valence-electron chi connectivity index (χ3n) is 4.15. The first kappa shape index (κ1) is 16.4. The van der Waals surface area contributed by atoms with Gasteiger partial charge in [0.25, 0.3) is 5.91 Å². The smallest absolute Gasteiger partial charge is 0.292 e. The summed E-state index contributed by atoms with van der Waals surface area (Å²) in [5.41, 5.74) is 0.844. The van der Waals surface area contributed by atoms with E-state index in [4.69, 9.17) is 9.26 Å². The Hall–Kier alpha value is -2.48. The van der Waals surface area contributed by atoms with Crippen molar-refractivity contribution >= 4 is 11.7 Å². The van der Waals surface area contributed by atoms with E-state index in [9.17, 15) is 4.79 Å². The predicted octanol–water partition coefficient (Wildman–Crippen LogP) is 1.00. The largest absolute Gasteiger partial charge is 0.378 e. The van der Waals surface area contributed by atoms with Gasteiger partial charge in [-0.05, 0) is 6.92 Å². The van der Waals surface area contributed by atoms with Crippen LogP contribution >= 0.6 is 0 Å². The van der Waals surface area contributed by atoms with E-state index in [2.05, 4.69) is 15.1 Å². The van der Waals surface area contributed by atoms with Crippen LogP contribution in [0.5, 0.6) is 0 Å². The van der Waals surface area contributed by atoms with E-state index in [1.165, 1.54) is 0 Å². The summed E-state index contributed by atoms with van der Waals surface area (Å²) in [7, 11) is 1.75. The molecule has 2 aromatic rings. The maximum Gasteiger partial charge on any atom is 0.292 e. The van der Waals surface area contributed by atoms with Gasteiger partial charge in [-0.1, -0.05) is 5.16 Å². The predicted molar refractivity (Wildman–Crippen MR) is 86.8 cm³/mol. The zero-order valence-corrected chi connectivity index (χ0v) is 13.9. The second-order valence-corrected chi connectivity index (χ2v) is 5.81. The third kappa shape index (κ3) is 3.70. The van der Waals surface area contributed by atoms with Crippen LogP contribution in [0.3, 0.4) is 0 Å². The van der Waals surface area contributed by atoms with Crippen molar-refractivity contribution in [1.29, 1.82) is 0 Å². The lowest BCUT2D eigenvalue weighted by molar-refractivity contribution is 0.0700. The molecule has 1 atom stereocenters. The fraction of sp³-hybridized carbons (Fsp3) is 0.500. The monoisotopic (exact) mass is 331 g/mol. The highest BCUT2D eigenvalue weighted by Gasteiger charge is 2.24. The average molecular weight is 331 g/mol. The molecule has 0 bridgehead atoms. The summed E-state index contributed by atoms with van der Waals surface area (Å²) >= 11 is 0. The Bertz CT molecular complexity index is 669. The molecule has 1 saturated heterocycles. The molecule has 8 nitrogen and oxygen atoms in total. The zero-order valence-electron chi connectivity index (χ0n) is 13.9. The molecular weight excluding hydrogens is 310 g/mol. The van der Waals surface area contributed by atoms with Gasteiger partial charge >= 0.3 is 0 Å². The molecule has 0 aromatic carbocycles. The number of morpholine rings is 1. The summed E-state index contributed by atoms with van der Waals surface area (Å²) in [6.07, 6.45) is 5.61. The fourth-order valence-electron chi connectivity index (χ4n) is 2.56. The number of likely N-dealkylation sites (N-methyl/N-ethyl adjacent to an activating group) is 1. The van der Waals surface area contributed by atoms with E-state index < -0.39 is 0 Å². The first-order valence-corrected chi connectivity index (χ1v) is 7.96. The van der Waals surface area contributed by atoms with Gasteiger partial charge in [-0.15, -0.1) is 0 Å². The van der Waals surface area contributed by atoms with Gasteiger partial charge in [0.1, 0.15) is 0 Å². The highest BCUT2D eigenvalue weighted by molar-refractivity contribution is 5.92. The molecule has 24 heavy (non-hydrogen) atoms. The molecule has 1 fully saturated rings. The maximum atomic E-state index is 12.6. The molecule has 0 spiro atoms. The summed E-state index contributed by atoms with van der Waals surface area (Å²) < 4.78 is 10.6. The Labute approximate surface area is 140 Å². The number of anilines is 1. The molecular formula is C16H21N5O3. The molecule has 8 heteroatoms. The van der Waals surface area contributed by atoms with E-state index in [0.717, 1.165) is 18.8 Å². The minimum Gasteiger partial charge on any atom is -0.378 e. The number of ether oxygens (including phenoxy) is 1. The van der Waals surface area contributed by atoms with Gasteiger partial charge in [0.15, 0.2) is 5.82 Å². The number of hydrogen-bond donors (Lipinski definition) is 0. The van der Waals surface area contributed by atoms with Crippen molar-refractivity contribution in [3.63, 3.8) is 0 Å². The number of amides is 1. The van der Waals surface area contributed by atoms with E-state index >= 15 is 0 Å². The molecule has 1 unspecified atom stereocenters. The number of aromatic nitrogens is 3. The Kier molecular flexibility index (Phi) is 5.05. The first-order chi connectivity index (χ1) is 11.6. The summed E-state index contributed by atoms with van der Waals surface area (Å²) in [6, 6.07) is 1.66. The standard InChI is InChI=1S/C16H21N5O3/c1-12(9-13-11-17-3-4-18-13)20(2)16(22)14-10-15(19-24-14)21-5-7-23-8-6-21/h3-4,10-12H,5-9H2,1-2H3. The zero-order chi connectivity index (χ0) is 16.9. The summed E-state index contributed by atoms with van der Waals surface area (Å²) in [4.78, 5) is 24.6. The molecule has 1 aliphatic rings. The van der Waals surface area contributed by atoms with Crippen molar-refractivity contribution in [2.24, 2.45) is 0 Å². The van der Waals surface area contributed by atoms with E-state index in [1.807, 2.05) is 11.8 Å². The van der Waals surface area contributed by atoms with Crippen molar-refractivity contribution in [3.05, 3.63) is 36.1 Å². The third-order valence-corrected chi connectivity index (χ3v) is 4.15. The molecule has 3 heterocycles. The van der Waals surface area contributed by atoms with Gasteiger partial charge in [0, 0.05) is 57.3 Å². The number of hydrogen-bond acceptors (Lipinski definition) is 7. The number of rotatable bonds is 5. The molecule has 128 valence electrons. The summed E-state index contributed by atoms with van der Waals surface area (Å²) in [5.74, 6) is 0.722. The average Bonchev–Trinajstić information content (AvgIpc) is 3.12. The van der Waals surface area contributed by atoms with Gasteiger partial charge in [-0.2, -0.15) is 0 Å². The lowest BCUT2D eigenvalue weighted by atomic mass is 10.1. The number of carbonyl (C=O) groups is 1. The van der Waals surface area contributed by atoms with Crippen LogP contribution in [0.15, 0.2) is 29.2 Å². The van der Waals surface area contributed by atoms with Crippen molar-refractivity contribution < 1.29 is 14.1 Å². The second-order valence-electron chi connectivity index (χ2n) is 5.81. The van der Waals surface area contributed by atoms with Crippen molar-refractivity contribution in [2.75, 3.05) is 38.3 Å². The Morgan fingerprint density at radius 1 is 1.38 bits per heavy atom. The van der Waals surface area contributed by atoms with Crippen LogP contribution in [0.25, 0.3) is 0 Å². The van der Waals surface area contributed by atoms with Gasteiger partial charge in [0.05, 0.1) is 18.9 Å². The van der Waals surface area contributed by atoms with Crippen molar-refractivity contribution in [3.8, 4) is 0 Å². The van der Waals surface area contributed by atoms with Crippen LogP contribution in [0.2, 0.25) is 0 Å². The van der Waals surface area contributed by atoms with Crippen LogP contribution in [0.4, 0.5) is 5.82 Å². The maximum absolute atomic E-state index is 12.6. The molecule has 0 radical (unpaired) electrons. The van der Waals surface area contributed by atoms with Gasteiger partial charge in [0.2, 0.25) is 5.76 Å². The van der Waals surface area contributed by atoms with Gasteiger partial charge < -0.3 is 19.1 Å². The summed E-state index contributed by atoms with van der Waals surface area (Å²) in [6.45, 7) is 4.78. The molecule has 0 saturated carbocycles. The van der Waals surface area contributed by atoms with Crippen LogP contribution in [0.1, 0.15) is 23.2 Å². The SMILES string of the molecule is CC(Cc1cnccn1)N(C)C(=O)c1cc(N2CCOCC2)no1. The molecule has 3 rings (SSSR count). The van der Waals surface area contributed by atoms with Crippen LogP contribution in [-0.2, 0) is 11.2 Å². The highest BCUT2D eigenvalue weighted by Crippen LogP contribution is 2.18. The normalized spacial score (nSPS) is 16.0. The Balaban J connectivity index is 1.63. The number of nitrogens with zero attached hydrogens (tertiary/aromatic N) is 5. The van der Waals surface area contributed by atoms with E-state index in [0.29, 0.717) is 25.5 Å². The van der Waals surface area contributed by atoms with E-state index in [-0.39, 0.29) is 17.7 Å². The van der Waals surface area contributed by atoms with Crippen LogP contribution in [-0.4, -0.2) is 65.3 Å². The minimum atomic E-state index is -0.196. The fourth-order valence-corrected chi connectivity index (χ4v) is 2.56. The number of carbonyl (C=O) groups excluding carboxylic acids is 1. The lowest BCUT2D eigenvalue weighted by Crippen LogP contribution is -2.37. The lowest BCUT2D eigenvalue weighted by Gasteiger charge is -2.25. The molecule has 0 aliphatic carbocycles. The van der Waals surface area contributed by atoms with Gasteiger partial charge in [-0.25, -0.2) is 0 Å². The van der Waals surface area contributed by atoms with Crippen LogP contribution < -0.4 is 4.90 Å². The quantitative estimate of drug-likeness (QED) is 0.808. The Morgan fingerprint density at radius 2 is 2.17 bits per heavy atom. The van der Waals surface area contributed by atoms with Crippen molar-refractivity contribution in [1.82, 2.24) is 20.0 Å². The van der Waals surface area contributed by atoms with Crippen molar-refractivity contribution in [2.45, 2.75) is 19.4 Å². The van der Waals surface area contributed by atoms with E-state index in [1.54, 1.807) is 36.6 Å². The minimum absolute atomic E-state index is 0.0360. The Morgan fingerprint density at radius 3 is 2.88 bits per heavy atom.